The van der Waals surface area contributed by atoms with Crippen LogP contribution < -0.4 is 4.90 Å². The number of morpholine rings is 1. The van der Waals surface area contributed by atoms with Gasteiger partial charge in [-0.3, -0.25) is 0 Å². The summed E-state index contributed by atoms with van der Waals surface area (Å²) in [6, 6.07) is 20.4. The van der Waals surface area contributed by atoms with Gasteiger partial charge in [0.15, 0.2) is 11.5 Å². The van der Waals surface area contributed by atoms with Crippen molar-refractivity contribution in [2.75, 3.05) is 31.2 Å². The molecule has 1 aliphatic rings. The smallest absolute Gasteiger partial charge is 0.179 e. The lowest BCUT2D eigenvalue weighted by molar-refractivity contribution is 0.122. The van der Waals surface area contributed by atoms with Crippen molar-refractivity contribution >= 4 is 33.2 Å². The van der Waals surface area contributed by atoms with Gasteiger partial charge in [-0.25, -0.2) is 4.98 Å². The van der Waals surface area contributed by atoms with Crippen molar-refractivity contribution in [3.8, 4) is 11.3 Å². The Morgan fingerprint density at radius 2 is 1.84 bits per heavy atom. The van der Waals surface area contributed by atoms with Crippen molar-refractivity contribution in [3.63, 3.8) is 0 Å². The second kappa shape index (κ2) is 9.18. The fourth-order valence-corrected chi connectivity index (χ4v) is 4.04. The summed E-state index contributed by atoms with van der Waals surface area (Å²) in [5.41, 5.74) is 5.00. The first-order valence-electron chi connectivity index (χ1n) is 10.6. The van der Waals surface area contributed by atoms with Gasteiger partial charge >= 0.3 is 0 Å². The molecule has 5 rings (SSSR count). The van der Waals surface area contributed by atoms with E-state index in [0.29, 0.717) is 25.6 Å². The minimum Gasteiger partial charge on any atom is -0.378 e. The summed E-state index contributed by atoms with van der Waals surface area (Å²) in [5.74, 6) is 1.53. The molecule has 0 amide bonds. The number of halogens is 1. The quantitative estimate of drug-likeness (QED) is 0.342. The van der Waals surface area contributed by atoms with Crippen molar-refractivity contribution in [2.45, 2.75) is 13.5 Å². The lowest BCUT2D eigenvalue weighted by atomic mass is 10.1. The highest BCUT2D eigenvalue weighted by molar-refractivity contribution is 9.10. The van der Waals surface area contributed by atoms with Crippen LogP contribution >= 0.6 is 15.9 Å². The van der Waals surface area contributed by atoms with E-state index in [0.717, 1.165) is 45.8 Å². The standard InChI is InChI=1S/C24H23BrN6O/c1-17-3-2-4-18(13-17)16-26-28-22-15-24(30-9-11-32-12-10-30)31-23(27-22)14-21(29-31)19-5-7-20(25)8-6-19/h2-8,13-15H,9-12,16H2,1H3. The highest BCUT2D eigenvalue weighted by Gasteiger charge is 2.18. The number of rotatable bonds is 5. The summed E-state index contributed by atoms with van der Waals surface area (Å²) in [6.07, 6.45) is 0. The van der Waals surface area contributed by atoms with E-state index in [-0.39, 0.29) is 0 Å². The minimum atomic E-state index is 0.519. The SMILES string of the molecule is Cc1cccc(CN=Nc2cc(N3CCOCC3)n3nc(-c4ccc(Br)cc4)cc3n2)c1. The molecule has 32 heavy (non-hydrogen) atoms. The third-order valence-electron chi connectivity index (χ3n) is 5.38. The third kappa shape index (κ3) is 4.56. The number of aryl methyl sites for hydroxylation is 1. The van der Waals surface area contributed by atoms with E-state index in [2.05, 4.69) is 56.2 Å². The highest BCUT2D eigenvalue weighted by atomic mass is 79.9. The molecule has 1 fully saturated rings. The summed E-state index contributed by atoms with van der Waals surface area (Å²) in [7, 11) is 0. The average Bonchev–Trinajstić information content (AvgIpc) is 3.24. The van der Waals surface area contributed by atoms with Gasteiger partial charge in [0, 0.05) is 35.3 Å². The molecule has 7 nitrogen and oxygen atoms in total. The molecule has 2 aromatic carbocycles. The van der Waals surface area contributed by atoms with E-state index in [4.69, 9.17) is 14.8 Å². The Balaban J connectivity index is 1.51. The van der Waals surface area contributed by atoms with Crippen LogP contribution in [0.1, 0.15) is 11.1 Å². The molecule has 4 aromatic rings. The average molecular weight is 491 g/mol. The van der Waals surface area contributed by atoms with Crippen LogP contribution in [0.25, 0.3) is 16.9 Å². The molecule has 0 N–H and O–H groups in total. The number of ether oxygens (including phenoxy) is 1. The Kier molecular flexibility index (Phi) is 5.96. The Morgan fingerprint density at radius 1 is 1.03 bits per heavy atom. The van der Waals surface area contributed by atoms with Crippen molar-refractivity contribution in [1.82, 2.24) is 14.6 Å². The van der Waals surface area contributed by atoms with Gasteiger partial charge < -0.3 is 9.64 Å². The minimum absolute atomic E-state index is 0.519. The molecule has 8 heteroatoms. The van der Waals surface area contributed by atoms with E-state index in [9.17, 15) is 0 Å². The molecular weight excluding hydrogens is 468 g/mol. The fourth-order valence-electron chi connectivity index (χ4n) is 3.78. The monoisotopic (exact) mass is 490 g/mol. The number of fused-ring (bicyclic) bond motifs is 1. The summed E-state index contributed by atoms with van der Waals surface area (Å²) in [4.78, 5) is 6.98. The number of aromatic nitrogens is 3. The fraction of sp³-hybridized carbons (Fsp3) is 0.250. The maximum atomic E-state index is 5.54. The molecular formula is C24H23BrN6O. The number of hydrogen-bond donors (Lipinski definition) is 0. The van der Waals surface area contributed by atoms with Gasteiger partial charge in [-0.2, -0.15) is 14.7 Å². The van der Waals surface area contributed by atoms with Crippen molar-refractivity contribution in [3.05, 3.63) is 76.3 Å². The molecule has 0 spiro atoms. The molecule has 1 saturated heterocycles. The lowest BCUT2D eigenvalue weighted by Gasteiger charge is -2.28. The Morgan fingerprint density at radius 3 is 2.62 bits per heavy atom. The summed E-state index contributed by atoms with van der Waals surface area (Å²) < 4.78 is 8.47. The zero-order chi connectivity index (χ0) is 21.9. The molecule has 0 bridgehead atoms. The second-order valence-electron chi connectivity index (χ2n) is 7.77. The largest absolute Gasteiger partial charge is 0.378 e. The molecule has 0 radical (unpaired) electrons. The van der Waals surface area contributed by atoms with Gasteiger partial charge in [0.05, 0.1) is 25.5 Å². The van der Waals surface area contributed by atoms with Crippen LogP contribution in [-0.2, 0) is 11.3 Å². The molecule has 0 saturated carbocycles. The number of azo groups is 1. The van der Waals surface area contributed by atoms with Gasteiger partial charge in [-0.15, -0.1) is 5.11 Å². The normalized spacial score (nSPS) is 14.5. The molecule has 0 unspecified atom stereocenters. The predicted octanol–water partition coefficient (Wildman–Crippen LogP) is 5.59. The molecule has 162 valence electrons. The Hall–Kier alpha value is -3.10. The maximum absolute atomic E-state index is 5.54. The zero-order valence-corrected chi connectivity index (χ0v) is 19.4. The summed E-state index contributed by atoms with van der Waals surface area (Å²) in [5, 5.41) is 13.7. The van der Waals surface area contributed by atoms with Crippen LogP contribution in [0.3, 0.4) is 0 Å². The van der Waals surface area contributed by atoms with Crippen LogP contribution in [0.4, 0.5) is 11.6 Å². The number of benzene rings is 2. The maximum Gasteiger partial charge on any atom is 0.179 e. The lowest BCUT2D eigenvalue weighted by Crippen LogP contribution is -2.37. The zero-order valence-electron chi connectivity index (χ0n) is 17.8. The van der Waals surface area contributed by atoms with Gasteiger partial charge in [-0.1, -0.05) is 57.9 Å². The van der Waals surface area contributed by atoms with Gasteiger partial charge in [0.2, 0.25) is 0 Å². The van der Waals surface area contributed by atoms with E-state index >= 15 is 0 Å². The first-order valence-corrected chi connectivity index (χ1v) is 11.4. The van der Waals surface area contributed by atoms with Crippen LogP contribution in [0.5, 0.6) is 0 Å². The Bertz CT molecular complexity index is 1260. The van der Waals surface area contributed by atoms with Crippen LogP contribution in [-0.4, -0.2) is 40.9 Å². The van der Waals surface area contributed by atoms with E-state index in [1.54, 1.807) is 0 Å². The van der Waals surface area contributed by atoms with Gasteiger partial charge in [-0.05, 0) is 24.6 Å². The number of nitrogens with zero attached hydrogens (tertiary/aromatic N) is 6. The molecule has 1 aliphatic heterocycles. The number of hydrogen-bond acceptors (Lipinski definition) is 6. The van der Waals surface area contributed by atoms with E-state index in [1.807, 2.05) is 47.0 Å². The summed E-state index contributed by atoms with van der Waals surface area (Å²) >= 11 is 3.49. The Labute approximate surface area is 194 Å². The van der Waals surface area contributed by atoms with Crippen LogP contribution in [0, 0.1) is 6.92 Å². The first kappa shape index (κ1) is 20.8. The molecule has 0 aliphatic carbocycles. The van der Waals surface area contributed by atoms with Gasteiger partial charge in [0.25, 0.3) is 0 Å². The second-order valence-corrected chi connectivity index (χ2v) is 8.68. The topological polar surface area (TPSA) is 67.4 Å². The molecule has 2 aromatic heterocycles. The van der Waals surface area contributed by atoms with Crippen molar-refractivity contribution in [1.29, 1.82) is 0 Å². The van der Waals surface area contributed by atoms with Crippen LogP contribution in [0.15, 0.2) is 75.4 Å². The number of anilines is 1. The molecule has 3 heterocycles. The van der Waals surface area contributed by atoms with Gasteiger partial charge in [0.1, 0.15) is 5.82 Å². The van der Waals surface area contributed by atoms with Crippen LogP contribution in [0.2, 0.25) is 0 Å². The highest BCUT2D eigenvalue weighted by Crippen LogP contribution is 2.27. The van der Waals surface area contributed by atoms with Crippen molar-refractivity contribution in [2.24, 2.45) is 10.2 Å². The first-order chi connectivity index (χ1) is 15.7. The summed E-state index contributed by atoms with van der Waals surface area (Å²) in [6.45, 7) is 5.57. The van der Waals surface area contributed by atoms with E-state index < -0.39 is 0 Å². The molecule has 0 atom stereocenters. The van der Waals surface area contributed by atoms with Crippen molar-refractivity contribution < 1.29 is 4.74 Å². The third-order valence-corrected chi connectivity index (χ3v) is 5.91. The van der Waals surface area contributed by atoms with E-state index in [1.165, 1.54) is 5.56 Å². The predicted molar refractivity (Wildman–Crippen MR) is 129 cm³/mol.